The highest BCUT2D eigenvalue weighted by atomic mass is 16.3. The molecule has 0 aliphatic heterocycles. The summed E-state index contributed by atoms with van der Waals surface area (Å²) in [5, 5.41) is 15.1. The van der Waals surface area contributed by atoms with Gasteiger partial charge in [0.15, 0.2) is 0 Å². The van der Waals surface area contributed by atoms with Crippen LogP contribution >= 0.6 is 0 Å². The molecular formula is C14H25N3O. The monoisotopic (exact) mass is 251 g/mol. The minimum Gasteiger partial charge on any atom is -0.392 e. The van der Waals surface area contributed by atoms with Crippen molar-refractivity contribution in [3.63, 3.8) is 0 Å². The normalized spacial score (nSPS) is 31.5. The molecule has 18 heavy (non-hydrogen) atoms. The van der Waals surface area contributed by atoms with E-state index in [-0.39, 0.29) is 16.9 Å². The van der Waals surface area contributed by atoms with Crippen molar-refractivity contribution in [2.45, 2.75) is 45.6 Å². The fraction of sp³-hybridized carbons (Fsp3) is 0.786. The molecule has 2 unspecified atom stereocenters. The van der Waals surface area contributed by atoms with Gasteiger partial charge in [-0.25, -0.2) is 0 Å². The smallest absolute Gasteiger partial charge is 0.0663 e. The molecule has 0 bridgehead atoms. The molecule has 102 valence electrons. The Kier molecular flexibility index (Phi) is 3.52. The fourth-order valence-corrected chi connectivity index (χ4v) is 3.39. The van der Waals surface area contributed by atoms with Gasteiger partial charge in [0, 0.05) is 31.6 Å². The Morgan fingerprint density at radius 2 is 2.22 bits per heavy atom. The topological polar surface area (TPSA) is 64.1 Å². The highest BCUT2D eigenvalue weighted by molar-refractivity contribution is 5.09. The van der Waals surface area contributed by atoms with Crippen LogP contribution in [0.5, 0.6) is 0 Å². The summed E-state index contributed by atoms with van der Waals surface area (Å²) in [6.07, 6.45) is 5.55. The number of nitrogens with two attached hydrogens (primary N) is 1. The Labute approximate surface area is 109 Å². The molecule has 4 nitrogen and oxygen atoms in total. The summed E-state index contributed by atoms with van der Waals surface area (Å²) in [6.45, 7) is 4.80. The molecule has 1 aromatic rings. The number of aliphatic hydroxyl groups excluding tert-OH is 1. The molecule has 4 heteroatoms. The molecule has 0 radical (unpaired) electrons. The second-order valence-electron chi connectivity index (χ2n) is 6.47. The van der Waals surface area contributed by atoms with Crippen molar-refractivity contribution in [2.24, 2.45) is 23.6 Å². The van der Waals surface area contributed by atoms with E-state index in [1.54, 1.807) is 4.68 Å². The third kappa shape index (κ3) is 2.31. The van der Waals surface area contributed by atoms with Crippen LogP contribution < -0.4 is 5.73 Å². The van der Waals surface area contributed by atoms with Crippen LogP contribution in [0.1, 0.15) is 38.8 Å². The van der Waals surface area contributed by atoms with Crippen LogP contribution in [0.4, 0.5) is 0 Å². The summed E-state index contributed by atoms with van der Waals surface area (Å²) >= 11 is 0. The molecule has 3 N–H and O–H groups in total. The van der Waals surface area contributed by atoms with E-state index < -0.39 is 0 Å². The largest absolute Gasteiger partial charge is 0.392 e. The number of hydrogen-bond donors (Lipinski definition) is 2. The molecule has 0 spiro atoms. The molecule has 1 aliphatic rings. The van der Waals surface area contributed by atoms with E-state index in [4.69, 9.17) is 5.73 Å². The SMILES string of the molecule is Cn1ccc(CC2(CN)CCCC(C)(C)C2O)n1. The maximum Gasteiger partial charge on any atom is 0.0663 e. The Balaban J connectivity index is 2.24. The molecule has 1 fully saturated rings. The van der Waals surface area contributed by atoms with Gasteiger partial charge in [0.1, 0.15) is 0 Å². The highest BCUT2D eigenvalue weighted by Crippen LogP contribution is 2.47. The number of aryl methyl sites for hydroxylation is 1. The number of aliphatic hydroxyl groups is 1. The lowest BCUT2D eigenvalue weighted by atomic mass is 9.59. The standard InChI is InChI=1S/C14H25N3O/c1-13(2)6-4-7-14(10-15,12(13)18)9-11-5-8-17(3)16-11/h5,8,12,18H,4,6-7,9-10,15H2,1-3H3. The molecular weight excluding hydrogens is 226 g/mol. The van der Waals surface area contributed by atoms with Gasteiger partial charge in [-0.05, 0) is 24.3 Å². The zero-order valence-electron chi connectivity index (χ0n) is 11.7. The quantitative estimate of drug-likeness (QED) is 0.855. The Hall–Kier alpha value is -0.870. The molecule has 2 atom stereocenters. The first kappa shape index (κ1) is 13.6. The molecule has 1 heterocycles. The van der Waals surface area contributed by atoms with Gasteiger partial charge in [-0.2, -0.15) is 5.10 Å². The van der Waals surface area contributed by atoms with Crippen LogP contribution in [0, 0.1) is 10.8 Å². The van der Waals surface area contributed by atoms with Gasteiger partial charge < -0.3 is 10.8 Å². The molecule has 0 aromatic carbocycles. The van der Waals surface area contributed by atoms with Gasteiger partial charge in [-0.1, -0.05) is 20.3 Å². The maximum absolute atomic E-state index is 10.7. The third-order valence-corrected chi connectivity index (χ3v) is 4.52. The Bertz CT molecular complexity index is 413. The van der Waals surface area contributed by atoms with Crippen molar-refractivity contribution >= 4 is 0 Å². The lowest BCUT2D eigenvalue weighted by molar-refractivity contribution is -0.0889. The Morgan fingerprint density at radius 3 is 2.78 bits per heavy atom. The minimum atomic E-state index is -0.356. The predicted octanol–water partition coefficient (Wildman–Crippen LogP) is 1.48. The van der Waals surface area contributed by atoms with Crippen molar-refractivity contribution in [1.29, 1.82) is 0 Å². The van der Waals surface area contributed by atoms with E-state index >= 15 is 0 Å². The van der Waals surface area contributed by atoms with Crippen LogP contribution in [0.2, 0.25) is 0 Å². The second-order valence-corrected chi connectivity index (χ2v) is 6.47. The van der Waals surface area contributed by atoms with Gasteiger partial charge in [-0.3, -0.25) is 4.68 Å². The van der Waals surface area contributed by atoms with Crippen molar-refractivity contribution in [3.8, 4) is 0 Å². The maximum atomic E-state index is 10.7. The van der Waals surface area contributed by atoms with Crippen molar-refractivity contribution in [2.75, 3.05) is 6.54 Å². The molecule has 0 saturated heterocycles. The van der Waals surface area contributed by atoms with Gasteiger partial charge in [0.05, 0.1) is 11.8 Å². The fourth-order valence-electron chi connectivity index (χ4n) is 3.39. The van der Waals surface area contributed by atoms with E-state index in [9.17, 15) is 5.11 Å². The molecule has 1 aliphatic carbocycles. The van der Waals surface area contributed by atoms with E-state index in [1.807, 2.05) is 19.3 Å². The molecule has 0 amide bonds. The minimum absolute atomic E-state index is 0.0492. The van der Waals surface area contributed by atoms with Crippen LogP contribution in [0.3, 0.4) is 0 Å². The first-order valence-corrected chi connectivity index (χ1v) is 6.76. The van der Waals surface area contributed by atoms with Crippen LogP contribution in [0.15, 0.2) is 12.3 Å². The van der Waals surface area contributed by atoms with Crippen LogP contribution in [0.25, 0.3) is 0 Å². The Morgan fingerprint density at radius 1 is 1.50 bits per heavy atom. The number of nitrogens with zero attached hydrogens (tertiary/aromatic N) is 2. The first-order valence-electron chi connectivity index (χ1n) is 6.76. The second kappa shape index (κ2) is 4.67. The van der Waals surface area contributed by atoms with Crippen LogP contribution in [-0.2, 0) is 13.5 Å². The van der Waals surface area contributed by atoms with Gasteiger partial charge in [0.2, 0.25) is 0 Å². The van der Waals surface area contributed by atoms with Crippen molar-refractivity contribution in [3.05, 3.63) is 18.0 Å². The first-order chi connectivity index (χ1) is 8.39. The number of aromatic nitrogens is 2. The summed E-state index contributed by atoms with van der Waals surface area (Å²) in [5.74, 6) is 0. The lowest BCUT2D eigenvalue weighted by Crippen LogP contribution is -2.53. The zero-order valence-corrected chi connectivity index (χ0v) is 11.7. The van der Waals surface area contributed by atoms with E-state index in [0.717, 1.165) is 31.4 Å². The summed E-state index contributed by atoms with van der Waals surface area (Å²) < 4.78 is 1.81. The average molecular weight is 251 g/mol. The third-order valence-electron chi connectivity index (χ3n) is 4.52. The van der Waals surface area contributed by atoms with E-state index in [1.165, 1.54) is 0 Å². The molecule has 2 rings (SSSR count). The summed E-state index contributed by atoms with van der Waals surface area (Å²) in [6, 6.07) is 2.02. The van der Waals surface area contributed by atoms with Crippen molar-refractivity contribution in [1.82, 2.24) is 9.78 Å². The molecule has 1 aromatic heterocycles. The van der Waals surface area contributed by atoms with E-state index in [2.05, 4.69) is 18.9 Å². The van der Waals surface area contributed by atoms with E-state index in [0.29, 0.717) is 6.54 Å². The van der Waals surface area contributed by atoms with Gasteiger partial charge >= 0.3 is 0 Å². The summed E-state index contributed by atoms with van der Waals surface area (Å²) in [4.78, 5) is 0. The average Bonchev–Trinajstić information content (AvgIpc) is 2.71. The number of hydrogen-bond acceptors (Lipinski definition) is 3. The number of rotatable bonds is 3. The van der Waals surface area contributed by atoms with Gasteiger partial charge in [-0.15, -0.1) is 0 Å². The zero-order chi connectivity index (χ0) is 13.4. The molecule has 1 saturated carbocycles. The highest BCUT2D eigenvalue weighted by Gasteiger charge is 2.48. The predicted molar refractivity (Wildman–Crippen MR) is 72.0 cm³/mol. The lowest BCUT2D eigenvalue weighted by Gasteiger charge is -2.49. The van der Waals surface area contributed by atoms with Crippen LogP contribution in [-0.4, -0.2) is 27.5 Å². The summed E-state index contributed by atoms with van der Waals surface area (Å²) in [7, 11) is 1.92. The van der Waals surface area contributed by atoms with Crippen molar-refractivity contribution < 1.29 is 5.11 Å². The van der Waals surface area contributed by atoms with Gasteiger partial charge in [0.25, 0.3) is 0 Å². The summed E-state index contributed by atoms with van der Waals surface area (Å²) in [5.41, 5.74) is 6.78.